The van der Waals surface area contributed by atoms with Gasteiger partial charge < -0.3 is 16.8 Å². The standard InChI is InChI=1S/C21H27FN4O3S/c1-13(14-2-6-16(22)7-3-14)25-21(27)15-4-8-17(9-5-15)26-30(28,29)18-10-11-19(23)20(24)12-18/h2-3,6-7,10-13,15,17,26H,4-5,8-9,23-24H2,1H3,(H,25,27)/t13-,15?,17?/m1/s1. The fraction of sp³-hybridized carbons (Fsp3) is 0.381. The Balaban J connectivity index is 1.53. The molecule has 0 unspecified atom stereocenters. The molecular formula is C21H27FN4O3S. The molecule has 0 saturated heterocycles. The van der Waals surface area contributed by atoms with Crippen LogP contribution in [0.15, 0.2) is 47.4 Å². The van der Waals surface area contributed by atoms with Crippen molar-refractivity contribution in [2.75, 3.05) is 11.5 Å². The van der Waals surface area contributed by atoms with Gasteiger partial charge in [0.15, 0.2) is 0 Å². The molecule has 9 heteroatoms. The Morgan fingerprint density at radius 1 is 1.03 bits per heavy atom. The number of halogens is 1. The molecule has 2 aromatic carbocycles. The summed E-state index contributed by atoms with van der Waals surface area (Å²) in [5.41, 5.74) is 12.7. The van der Waals surface area contributed by atoms with Gasteiger partial charge in [-0.1, -0.05) is 12.1 Å². The van der Waals surface area contributed by atoms with Crippen LogP contribution in [-0.2, 0) is 14.8 Å². The summed E-state index contributed by atoms with van der Waals surface area (Å²) in [4.78, 5) is 12.7. The smallest absolute Gasteiger partial charge is 0.240 e. The van der Waals surface area contributed by atoms with Crippen molar-refractivity contribution >= 4 is 27.3 Å². The Morgan fingerprint density at radius 3 is 2.27 bits per heavy atom. The Hall–Kier alpha value is -2.65. The minimum absolute atomic E-state index is 0.0700. The molecule has 0 aromatic heterocycles. The van der Waals surface area contributed by atoms with Crippen molar-refractivity contribution in [3.05, 3.63) is 53.8 Å². The third-order valence-corrected chi connectivity index (χ3v) is 7.04. The number of nitrogens with two attached hydrogens (primary N) is 2. The van der Waals surface area contributed by atoms with Gasteiger partial charge in [-0.2, -0.15) is 0 Å². The number of carbonyl (C=O) groups is 1. The Morgan fingerprint density at radius 2 is 1.67 bits per heavy atom. The number of benzene rings is 2. The first-order chi connectivity index (χ1) is 14.2. The van der Waals surface area contributed by atoms with Crippen LogP contribution in [0.4, 0.5) is 15.8 Å². The highest BCUT2D eigenvalue weighted by molar-refractivity contribution is 7.89. The maximum atomic E-state index is 13.1. The van der Waals surface area contributed by atoms with E-state index >= 15 is 0 Å². The molecular weight excluding hydrogens is 407 g/mol. The highest BCUT2D eigenvalue weighted by Crippen LogP contribution is 2.27. The quantitative estimate of drug-likeness (QED) is 0.520. The summed E-state index contributed by atoms with van der Waals surface area (Å²) < 4.78 is 40.9. The fourth-order valence-corrected chi connectivity index (χ4v) is 4.99. The molecule has 6 N–H and O–H groups in total. The lowest BCUT2D eigenvalue weighted by molar-refractivity contribution is -0.126. The fourth-order valence-electron chi connectivity index (χ4n) is 3.65. The number of hydrogen-bond acceptors (Lipinski definition) is 5. The van der Waals surface area contributed by atoms with E-state index in [0.29, 0.717) is 31.4 Å². The number of carbonyl (C=O) groups excluding carboxylic acids is 1. The molecule has 1 aliphatic carbocycles. The molecule has 30 heavy (non-hydrogen) atoms. The van der Waals surface area contributed by atoms with Gasteiger partial charge in [0, 0.05) is 12.0 Å². The molecule has 1 fully saturated rings. The molecule has 0 bridgehead atoms. The zero-order valence-corrected chi connectivity index (χ0v) is 17.6. The molecule has 162 valence electrons. The highest BCUT2D eigenvalue weighted by Gasteiger charge is 2.30. The van der Waals surface area contributed by atoms with E-state index in [2.05, 4.69) is 10.0 Å². The topological polar surface area (TPSA) is 127 Å². The third kappa shape index (κ3) is 5.28. The summed E-state index contributed by atoms with van der Waals surface area (Å²) >= 11 is 0. The van der Waals surface area contributed by atoms with Crippen LogP contribution < -0.4 is 21.5 Å². The monoisotopic (exact) mass is 434 g/mol. The Kier molecular flexibility index (Phi) is 6.62. The number of nitrogens with one attached hydrogen (secondary N) is 2. The Labute approximate surface area is 176 Å². The molecule has 1 atom stereocenters. The third-order valence-electron chi connectivity index (χ3n) is 5.52. The molecule has 1 saturated carbocycles. The van der Waals surface area contributed by atoms with Crippen molar-refractivity contribution in [2.45, 2.75) is 49.6 Å². The van der Waals surface area contributed by atoms with Crippen molar-refractivity contribution in [1.29, 1.82) is 0 Å². The number of nitrogen functional groups attached to an aromatic ring is 2. The molecule has 0 spiro atoms. The molecule has 1 amide bonds. The van der Waals surface area contributed by atoms with E-state index in [1.165, 1.54) is 30.3 Å². The van der Waals surface area contributed by atoms with Crippen molar-refractivity contribution in [2.24, 2.45) is 5.92 Å². The molecule has 0 aliphatic heterocycles. The predicted molar refractivity (Wildman–Crippen MR) is 114 cm³/mol. The predicted octanol–water partition coefficient (Wildman–Crippen LogP) is 2.70. The van der Waals surface area contributed by atoms with E-state index in [1.54, 1.807) is 12.1 Å². The summed E-state index contributed by atoms with van der Waals surface area (Å²) in [6, 6.07) is 9.78. The number of rotatable bonds is 6. The molecule has 1 aliphatic rings. The number of hydrogen-bond donors (Lipinski definition) is 4. The highest BCUT2D eigenvalue weighted by atomic mass is 32.2. The minimum Gasteiger partial charge on any atom is -0.397 e. The number of sulfonamides is 1. The maximum absolute atomic E-state index is 13.1. The summed E-state index contributed by atoms with van der Waals surface area (Å²) in [5.74, 6) is -0.569. The van der Waals surface area contributed by atoms with Gasteiger partial charge in [-0.15, -0.1) is 0 Å². The van der Waals surface area contributed by atoms with Crippen LogP contribution in [-0.4, -0.2) is 20.4 Å². The Bertz CT molecular complexity index is 1000. The maximum Gasteiger partial charge on any atom is 0.240 e. The molecule has 3 rings (SSSR count). The van der Waals surface area contributed by atoms with E-state index in [0.717, 1.165) is 5.56 Å². The van der Waals surface area contributed by atoms with Gasteiger partial charge in [0.1, 0.15) is 5.82 Å². The van der Waals surface area contributed by atoms with Gasteiger partial charge in [0.25, 0.3) is 0 Å². The van der Waals surface area contributed by atoms with Crippen LogP contribution in [0.3, 0.4) is 0 Å². The van der Waals surface area contributed by atoms with Crippen molar-refractivity contribution in [3.63, 3.8) is 0 Å². The van der Waals surface area contributed by atoms with Crippen molar-refractivity contribution in [1.82, 2.24) is 10.0 Å². The summed E-state index contributed by atoms with van der Waals surface area (Å²) in [6.07, 6.45) is 2.29. The number of amides is 1. The molecule has 2 aromatic rings. The second kappa shape index (κ2) is 9.01. The normalized spacial score (nSPS) is 20.5. The summed E-state index contributed by atoms with van der Waals surface area (Å²) in [6.45, 7) is 1.85. The lowest BCUT2D eigenvalue weighted by Crippen LogP contribution is -2.41. The number of anilines is 2. The van der Waals surface area contributed by atoms with Crippen LogP contribution >= 0.6 is 0 Å². The van der Waals surface area contributed by atoms with Crippen LogP contribution in [0.25, 0.3) is 0 Å². The van der Waals surface area contributed by atoms with Crippen molar-refractivity contribution < 1.29 is 17.6 Å². The van der Waals surface area contributed by atoms with Gasteiger partial charge in [-0.25, -0.2) is 17.5 Å². The second-order valence-corrected chi connectivity index (χ2v) is 9.46. The van der Waals surface area contributed by atoms with E-state index < -0.39 is 10.0 Å². The lowest BCUT2D eigenvalue weighted by atomic mass is 9.85. The van der Waals surface area contributed by atoms with Gasteiger partial charge in [0.05, 0.1) is 22.3 Å². The van der Waals surface area contributed by atoms with Crippen LogP contribution in [0, 0.1) is 11.7 Å². The van der Waals surface area contributed by atoms with Crippen molar-refractivity contribution in [3.8, 4) is 0 Å². The SMILES string of the molecule is C[C@@H](NC(=O)C1CCC(NS(=O)(=O)c2ccc(N)c(N)c2)CC1)c1ccc(F)cc1. The van der Waals surface area contributed by atoms with Crippen LogP contribution in [0.5, 0.6) is 0 Å². The zero-order valence-electron chi connectivity index (χ0n) is 16.8. The largest absolute Gasteiger partial charge is 0.397 e. The first-order valence-corrected chi connectivity index (χ1v) is 11.4. The van der Waals surface area contributed by atoms with Crippen LogP contribution in [0.1, 0.15) is 44.2 Å². The van der Waals surface area contributed by atoms with Gasteiger partial charge in [-0.3, -0.25) is 4.79 Å². The molecule has 0 heterocycles. The minimum atomic E-state index is -3.71. The van der Waals surface area contributed by atoms with E-state index in [-0.39, 0.29) is 40.3 Å². The average molecular weight is 435 g/mol. The second-order valence-electron chi connectivity index (χ2n) is 7.74. The van der Waals surface area contributed by atoms with Gasteiger partial charge in [-0.05, 0) is 68.5 Å². The summed E-state index contributed by atoms with van der Waals surface area (Å²) in [5, 5.41) is 2.96. The lowest BCUT2D eigenvalue weighted by Gasteiger charge is -2.29. The zero-order chi connectivity index (χ0) is 21.9. The van der Waals surface area contributed by atoms with Crippen LogP contribution in [0.2, 0.25) is 0 Å². The van der Waals surface area contributed by atoms with E-state index in [4.69, 9.17) is 11.5 Å². The van der Waals surface area contributed by atoms with E-state index in [1.807, 2.05) is 6.92 Å². The van der Waals surface area contributed by atoms with Gasteiger partial charge in [0.2, 0.25) is 15.9 Å². The molecule has 0 radical (unpaired) electrons. The average Bonchev–Trinajstić information content (AvgIpc) is 2.70. The summed E-state index contributed by atoms with van der Waals surface area (Å²) in [7, 11) is -3.71. The van der Waals surface area contributed by atoms with E-state index in [9.17, 15) is 17.6 Å². The molecule has 7 nitrogen and oxygen atoms in total. The first-order valence-electron chi connectivity index (χ1n) is 9.89. The van der Waals surface area contributed by atoms with Gasteiger partial charge >= 0.3 is 0 Å². The first kappa shape index (κ1) is 22.0.